The summed E-state index contributed by atoms with van der Waals surface area (Å²) in [6.07, 6.45) is 0. The summed E-state index contributed by atoms with van der Waals surface area (Å²) in [6, 6.07) is 0. The van der Waals surface area contributed by atoms with Crippen LogP contribution in [-0.4, -0.2) is 82.7 Å². The molecule has 18 heavy (non-hydrogen) atoms. The van der Waals surface area contributed by atoms with Crippen molar-refractivity contribution in [1.29, 1.82) is 0 Å². The molecular weight excluding hydrogens is 262 g/mol. The highest BCUT2D eigenvalue weighted by Crippen LogP contribution is 1.98. The van der Waals surface area contributed by atoms with Crippen LogP contribution in [0.15, 0.2) is 0 Å². The van der Waals surface area contributed by atoms with Crippen LogP contribution in [0.4, 0.5) is 0 Å². The maximum atomic E-state index is 11.8. The fourth-order valence-electron chi connectivity index (χ4n) is 1.11. The summed E-state index contributed by atoms with van der Waals surface area (Å²) < 4.78 is 31.6. The van der Waals surface area contributed by atoms with E-state index < -0.39 is 22.7 Å². The summed E-state index contributed by atoms with van der Waals surface area (Å²) in [7, 11) is 1.23. The van der Waals surface area contributed by atoms with Crippen molar-refractivity contribution in [2.24, 2.45) is 0 Å². The molecule has 0 rings (SSSR count). The number of carboxylic acids is 1. The summed E-state index contributed by atoms with van der Waals surface area (Å²) in [5.41, 5.74) is 0. The summed E-state index contributed by atoms with van der Waals surface area (Å²) in [6.45, 7) is 0.334. The molecule has 2 N–H and O–H groups in total. The molecule has 0 aliphatic rings. The molecule has 8 nitrogen and oxygen atoms in total. The lowest BCUT2D eigenvalue weighted by molar-refractivity contribution is -0.137. The lowest BCUT2D eigenvalue weighted by atomic mass is 10.5. The normalized spacial score (nSPS) is 12.3. The standard InChI is InChI=1S/C9H21N3O5S/c1-11(2)5-6-12(8-9(13)14)18(15,16)10-4-7-17-3/h10H,4-8H2,1-3H3,(H,13,14). The third kappa shape index (κ3) is 7.56. The molecule has 0 aromatic heterocycles. The van der Waals surface area contributed by atoms with Crippen LogP contribution in [0.2, 0.25) is 0 Å². The van der Waals surface area contributed by atoms with E-state index in [1.165, 1.54) is 7.11 Å². The fraction of sp³-hybridized carbons (Fsp3) is 0.889. The lowest BCUT2D eigenvalue weighted by Crippen LogP contribution is -2.46. The zero-order chi connectivity index (χ0) is 14.2. The molecule has 0 fully saturated rings. The molecule has 0 saturated carbocycles. The van der Waals surface area contributed by atoms with Crippen molar-refractivity contribution in [2.75, 3.05) is 54.0 Å². The van der Waals surface area contributed by atoms with Crippen LogP contribution in [0.5, 0.6) is 0 Å². The minimum Gasteiger partial charge on any atom is -0.480 e. The number of nitrogens with zero attached hydrogens (tertiary/aromatic N) is 2. The zero-order valence-electron chi connectivity index (χ0n) is 10.9. The number of rotatable bonds is 10. The highest BCUT2D eigenvalue weighted by Gasteiger charge is 2.23. The smallest absolute Gasteiger partial charge is 0.318 e. The molecule has 0 aliphatic heterocycles. The highest BCUT2D eigenvalue weighted by molar-refractivity contribution is 7.87. The van der Waals surface area contributed by atoms with Gasteiger partial charge in [0, 0.05) is 26.7 Å². The van der Waals surface area contributed by atoms with Gasteiger partial charge < -0.3 is 14.7 Å². The van der Waals surface area contributed by atoms with Crippen LogP contribution in [0.25, 0.3) is 0 Å². The highest BCUT2D eigenvalue weighted by atomic mass is 32.2. The number of likely N-dealkylation sites (N-methyl/N-ethyl adjacent to an activating group) is 1. The average molecular weight is 283 g/mol. The Balaban J connectivity index is 4.55. The van der Waals surface area contributed by atoms with Gasteiger partial charge in [-0.1, -0.05) is 0 Å². The van der Waals surface area contributed by atoms with Crippen molar-refractivity contribution in [1.82, 2.24) is 13.9 Å². The van der Waals surface area contributed by atoms with E-state index in [0.717, 1.165) is 4.31 Å². The van der Waals surface area contributed by atoms with Gasteiger partial charge >= 0.3 is 5.97 Å². The fourth-order valence-corrected chi connectivity index (χ4v) is 2.24. The lowest BCUT2D eigenvalue weighted by Gasteiger charge is -2.22. The van der Waals surface area contributed by atoms with Crippen molar-refractivity contribution >= 4 is 16.2 Å². The second-order valence-electron chi connectivity index (χ2n) is 3.92. The van der Waals surface area contributed by atoms with E-state index in [0.29, 0.717) is 6.54 Å². The van der Waals surface area contributed by atoms with Gasteiger partial charge in [0.1, 0.15) is 6.54 Å². The number of ether oxygens (including phenoxy) is 1. The van der Waals surface area contributed by atoms with E-state index in [4.69, 9.17) is 9.84 Å². The van der Waals surface area contributed by atoms with Crippen LogP contribution in [0.3, 0.4) is 0 Å². The number of carbonyl (C=O) groups is 1. The Morgan fingerprint density at radius 1 is 1.33 bits per heavy atom. The van der Waals surface area contributed by atoms with Crippen molar-refractivity contribution in [2.45, 2.75) is 0 Å². The molecule has 0 aromatic rings. The Labute approximate surface area is 108 Å². The monoisotopic (exact) mass is 283 g/mol. The maximum absolute atomic E-state index is 11.8. The summed E-state index contributed by atoms with van der Waals surface area (Å²) in [5.74, 6) is -1.19. The van der Waals surface area contributed by atoms with Gasteiger partial charge in [0.05, 0.1) is 6.61 Å². The van der Waals surface area contributed by atoms with Gasteiger partial charge in [-0.25, -0.2) is 0 Å². The molecule has 0 aromatic carbocycles. The van der Waals surface area contributed by atoms with Crippen LogP contribution >= 0.6 is 0 Å². The zero-order valence-corrected chi connectivity index (χ0v) is 11.7. The molecule has 108 valence electrons. The minimum atomic E-state index is -3.79. The molecular formula is C9H21N3O5S. The predicted octanol–water partition coefficient (Wildman–Crippen LogP) is -1.58. The summed E-state index contributed by atoms with van der Waals surface area (Å²) >= 11 is 0. The molecule has 0 spiro atoms. The number of hydrogen-bond donors (Lipinski definition) is 2. The quantitative estimate of drug-likeness (QED) is 0.469. The van der Waals surface area contributed by atoms with Gasteiger partial charge in [-0.05, 0) is 14.1 Å². The first-order valence-electron chi connectivity index (χ1n) is 5.39. The van der Waals surface area contributed by atoms with Crippen LogP contribution in [-0.2, 0) is 19.7 Å². The molecule has 0 bridgehead atoms. The summed E-state index contributed by atoms with van der Waals surface area (Å²) in [4.78, 5) is 12.4. The molecule has 9 heteroatoms. The summed E-state index contributed by atoms with van der Waals surface area (Å²) in [5, 5.41) is 8.71. The topological polar surface area (TPSA) is 99.2 Å². The van der Waals surface area contributed by atoms with E-state index in [9.17, 15) is 13.2 Å². The van der Waals surface area contributed by atoms with Crippen LogP contribution in [0, 0.1) is 0 Å². The third-order valence-corrected chi connectivity index (χ3v) is 3.60. The van der Waals surface area contributed by atoms with Crippen LogP contribution < -0.4 is 4.72 Å². The van der Waals surface area contributed by atoms with Gasteiger partial charge in [0.15, 0.2) is 0 Å². The first-order chi connectivity index (χ1) is 8.29. The minimum absolute atomic E-state index is 0.108. The Morgan fingerprint density at radius 2 is 1.94 bits per heavy atom. The van der Waals surface area contributed by atoms with Gasteiger partial charge in [-0.15, -0.1) is 0 Å². The van der Waals surface area contributed by atoms with Crippen molar-refractivity contribution in [3.63, 3.8) is 0 Å². The number of hydrogen-bond acceptors (Lipinski definition) is 5. The van der Waals surface area contributed by atoms with Gasteiger partial charge in [-0.2, -0.15) is 17.4 Å². The Bertz CT molecular complexity index is 344. The SMILES string of the molecule is COCCNS(=O)(=O)N(CCN(C)C)CC(=O)O. The maximum Gasteiger partial charge on any atom is 0.318 e. The van der Waals surface area contributed by atoms with Crippen molar-refractivity contribution < 1.29 is 23.1 Å². The number of aliphatic carboxylic acids is 1. The molecule has 0 heterocycles. The molecule has 0 saturated heterocycles. The molecule has 0 radical (unpaired) electrons. The van der Waals surface area contributed by atoms with Gasteiger partial charge in [-0.3, -0.25) is 4.79 Å². The Kier molecular flexibility index (Phi) is 8.03. The van der Waals surface area contributed by atoms with E-state index in [2.05, 4.69) is 4.72 Å². The second-order valence-corrected chi connectivity index (χ2v) is 5.68. The van der Waals surface area contributed by atoms with Gasteiger partial charge in [0.2, 0.25) is 0 Å². The van der Waals surface area contributed by atoms with Gasteiger partial charge in [0.25, 0.3) is 10.2 Å². The van der Waals surface area contributed by atoms with Crippen LogP contribution in [0.1, 0.15) is 0 Å². The van der Waals surface area contributed by atoms with Crippen molar-refractivity contribution in [3.05, 3.63) is 0 Å². The number of methoxy groups -OCH3 is 1. The Morgan fingerprint density at radius 3 is 2.39 bits per heavy atom. The molecule has 0 aliphatic carbocycles. The number of carboxylic acid groups (broad SMARTS) is 1. The molecule has 0 unspecified atom stereocenters. The third-order valence-electron chi connectivity index (χ3n) is 2.04. The first kappa shape index (κ1) is 17.3. The van der Waals surface area contributed by atoms with E-state index in [-0.39, 0.29) is 19.7 Å². The number of nitrogens with one attached hydrogen (secondary N) is 1. The molecule has 0 atom stereocenters. The Hall–Kier alpha value is -0.740. The first-order valence-corrected chi connectivity index (χ1v) is 6.83. The van der Waals surface area contributed by atoms with E-state index in [1.54, 1.807) is 19.0 Å². The van der Waals surface area contributed by atoms with Crippen molar-refractivity contribution in [3.8, 4) is 0 Å². The predicted molar refractivity (Wildman–Crippen MR) is 66.6 cm³/mol. The average Bonchev–Trinajstić information content (AvgIpc) is 2.23. The van der Waals surface area contributed by atoms with E-state index in [1.807, 2.05) is 0 Å². The second kappa shape index (κ2) is 8.38. The largest absolute Gasteiger partial charge is 0.480 e. The van der Waals surface area contributed by atoms with E-state index >= 15 is 0 Å². The molecule has 0 amide bonds.